The van der Waals surface area contributed by atoms with E-state index in [1.807, 2.05) is 6.92 Å². The first-order valence-electron chi connectivity index (χ1n) is 9.48. The number of aromatic nitrogens is 2. The van der Waals surface area contributed by atoms with E-state index in [1.54, 1.807) is 12.1 Å². The van der Waals surface area contributed by atoms with Crippen molar-refractivity contribution < 1.29 is 18.3 Å². The van der Waals surface area contributed by atoms with Crippen LogP contribution in [-0.2, 0) is 10.0 Å². The third-order valence-electron chi connectivity index (χ3n) is 5.00. The van der Waals surface area contributed by atoms with Gasteiger partial charge in [0.1, 0.15) is 5.69 Å². The lowest BCUT2D eigenvalue weighted by Crippen LogP contribution is -2.52. The van der Waals surface area contributed by atoms with Crippen LogP contribution in [0.2, 0.25) is 0 Å². The third-order valence-corrected chi connectivity index (χ3v) is 6.89. The molecule has 2 aromatic rings. The van der Waals surface area contributed by atoms with Crippen molar-refractivity contribution in [3.8, 4) is 0 Å². The van der Waals surface area contributed by atoms with Gasteiger partial charge in [-0.25, -0.2) is 13.4 Å². The zero-order valence-electron chi connectivity index (χ0n) is 16.2. The van der Waals surface area contributed by atoms with Crippen LogP contribution in [0.1, 0.15) is 23.8 Å². The Balaban J connectivity index is 1.70. The number of piperazine rings is 1. The van der Waals surface area contributed by atoms with E-state index >= 15 is 0 Å². The maximum Gasteiger partial charge on any atom is 0.275 e. The van der Waals surface area contributed by atoms with Crippen molar-refractivity contribution >= 4 is 21.6 Å². The molecule has 2 N–H and O–H groups in total. The molecule has 0 spiro atoms. The number of carbonyl (C=O) groups excluding carboxylic acids is 1. The average molecular weight is 420 g/mol. The van der Waals surface area contributed by atoms with Crippen LogP contribution in [0.4, 0.5) is 5.69 Å². The van der Waals surface area contributed by atoms with E-state index in [1.165, 1.54) is 35.0 Å². The molecule has 1 aromatic heterocycles. The molecule has 1 aliphatic rings. The first-order valence-corrected chi connectivity index (χ1v) is 10.9. The average Bonchev–Trinajstić information content (AvgIpc) is 2.76. The molecule has 0 aliphatic carbocycles. The molecular formula is C19H25N5O4S. The van der Waals surface area contributed by atoms with Crippen LogP contribution in [-0.4, -0.2) is 77.4 Å². The van der Waals surface area contributed by atoms with Crippen LogP contribution in [0.25, 0.3) is 0 Å². The second kappa shape index (κ2) is 9.40. The zero-order chi connectivity index (χ0) is 20.9. The number of anilines is 1. The smallest absolute Gasteiger partial charge is 0.275 e. The van der Waals surface area contributed by atoms with Gasteiger partial charge in [0, 0.05) is 50.3 Å². The summed E-state index contributed by atoms with van der Waals surface area (Å²) in [7, 11) is -3.68. The van der Waals surface area contributed by atoms with Gasteiger partial charge in [-0.05, 0) is 24.6 Å². The molecule has 1 atom stereocenters. The summed E-state index contributed by atoms with van der Waals surface area (Å²) in [6.45, 7) is 3.93. The van der Waals surface area contributed by atoms with Gasteiger partial charge in [0.05, 0.1) is 17.7 Å². The molecule has 0 saturated carbocycles. The number of benzene rings is 1. The van der Waals surface area contributed by atoms with Gasteiger partial charge in [-0.3, -0.25) is 14.7 Å². The normalized spacial score (nSPS) is 17.0. The molecule has 1 aliphatic heterocycles. The van der Waals surface area contributed by atoms with Gasteiger partial charge >= 0.3 is 0 Å². The summed E-state index contributed by atoms with van der Waals surface area (Å²) >= 11 is 0. The number of sulfonamides is 1. The Hall–Kier alpha value is -2.40. The summed E-state index contributed by atoms with van der Waals surface area (Å²) in [4.78, 5) is 22.3. The maximum absolute atomic E-state index is 13.0. The lowest BCUT2D eigenvalue weighted by Gasteiger charge is -2.37. The van der Waals surface area contributed by atoms with Crippen LogP contribution < -0.4 is 5.32 Å². The Kier molecular flexibility index (Phi) is 6.91. The number of rotatable bonds is 7. The first-order chi connectivity index (χ1) is 14.0. The minimum absolute atomic E-state index is 0.0551. The molecule has 0 bridgehead atoms. The van der Waals surface area contributed by atoms with Crippen LogP contribution in [0, 0.1) is 0 Å². The first kappa shape index (κ1) is 21.3. The second-order valence-corrected chi connectivity index (χ2v) is 8.70. The topological polar surface area (TPSA) is 116 Å². The Labute approximate surface area is 170 Å². The zero-order valence-corrected chi connectivity index (χ0v) is 17.0. The molecule has 156 valence electrons. The molecule has 1 amide bonds. The lowest BCUT2D eigenvalue weighted by molar-refractivity contribution is 0.0881. The molecular weight excluding hydrogens is 394 g/mol. The molecule has 1 saturated heterocycles. The number of amides is 1. The number of nitrogens with one attached hydrogen (secondary N) is 1. The number of hydrogen-bond acceptors (Lipinski definition) is 7. The van der Waals surface area contributed by atoms with Crippen molar-refractivity contribution in [2.24, 2.45) is 0 Å². The fraction of sp³-hybridized carbons (Fsp3) is 0.421. The molecule has 10 heteroatoms. The van der Waals surface area contributed by atoms with E-state index in [2.05, 4.69) is 20.2 Å². The van der Waals surface area contributed by atoms with Gasteiger partial charge in [0.25, 0.3) is 5.91 Å². The minimum Gasteiger partial charge on any atom is -0.395 e. The van der Waals surface area contributed by atoms with E-state index < -0.39 is 15.9 Å². The molecule has 9 nitrogen and oxygen atoms in total. The monoisotopic (exact) mass is 419 g/mol. The minimum atomic E-state index is -3.68. The van der Waals surface area contributed by atoms with Crippen molar-refractivity contribution in [3.63, 3.8) is 0 Å². The Morgan fingerprint density at radius 3 is 2.62 bits per heavy atom. The van der Waals surface area contributed by atoms with Gasteiger partial charge < -0.3 is 10.4 Å². The summed E-state index contributed by atoms with van der Waals surface area (Å²) in [6.07, 6.45) is 5.03. The van der Waals surface area contributed by atoms with Crippen molar-refractivity contribution in [3.05, 3.63) is 48.5 Å². The van der Waals surface area contributed by atoms with Crippen LogP contribution in [0.3, 0.4) is 0 Å². The molecule has 0 radical (unpaired) electrons. The Morgan fingerprint density at radius 1 is 1.24 bits per heavy atom. The molecule has 0 unspecified atom stereocenters. The summed E-state index contributed by atoms with van der Waals surface area (Å²) in [5.74, 6) is -0.462. The van der Waals surface area contributed by atoms with Crippen LogP contribution in [0.15, 0.2) is 47.8 Å². The van der Waals surface area contributed by atoms with E-state index in [0.29, 0.717) is 31.9 Å². The predicted octanol–water partition coefficient (Wildman–Crippen LogP) is 0.806. The summed E-state index contributed by atoms with van der Waals surface area (Å²) in [6, 6.07) is 6.23. The number of carbonyl (C=O) groups is 1. The highest BCUT2D eigenvalue weighted by Crippen LogP contribution is 2.22. The van der Waals surface area contributed by atoms with Gasteiger partial charge in [-0.1, -0.05) is 13.0 Å². The molecule has 3 rings (SSSR count). The SMILES string of the molecule is CC[C@H](CO)N1CCN(S(=O)(=O)c2cccc(NC(=O)c3cnccn3)c2)CC1. The standard InChI is InChI=1S/C19H25N5O4S/c1-2-16(14-25)23-8-10-24(11-9-23)29(27,28)17-5-3-4-15(12-17)22-19(26)18-13-20-6-7-21-18/h3-7,12-13,16,25H,2,8-11,14H2,1H3,(H,22,26)/t16-/m1/s1. The van der Waals surface area contributed by atoms with Gasteiger partial charge in [-0.15, -0.1) is 0 Å². The third kappa shape index (κ3) is 4.96. The van der Waals surface area contributed by atoms with E-state index in [0.717, 1.165) is 6.42 Å². The summed E-state index contributed by atoms with van der Waals surface area (Å²) in [5.41, 5.74) is 0.512. The van der Waals surface area contributed by atoms with Gasteiger partial charge in [-0.2, -0.15) is 4.31 Å². The van der Waals surface area contributed by atoms with Gasteiger partial charge in [0.15, 0.2) is 0 Å². The van der Waals surface area contributed by atoms with Gasteiger partial charge in [0.2, 0.25) is 10.0 Å². The molecule has 2 heterocycles. The highest BCUT2D eigenvalue weighted by molar-refractivity contribution is 7.89. The molecule has 1 fully saturated rings. The second-order valence-electron chi connectivity index (χ2n) is 6.76. The van der Waals surface area contributed by atoms with Crippen molar-refractivity contribution in [2.45, 2.75) is 24.3 Å². The largest absolute Gasteiger partial charge is 0.395 e. The summed E-state index contributed by atoms with van der Waals surface area (Å²) < 4.78 is 27.5. The van der Waals surface area contributed by atoms with E-state index in [4.69, 9.17) is 0 Å². The lowest BCUT2D eigenvalue weighted by atomic mass is 10.2. The summed E-state index contributed by atoms with van der Waals surface area (Å²) in [5, 5.41) is 12.1. The predicted molar refractivity (Wildman–Crippen MR) is 108 cm³/mol. The van der Waals surface area contributed by atoms with Crippen molar-refractivity contribution in [2.75, 3.05) is 38.1 Å². The molecule has 29 heavy (non-hydrogen) atoms. The number of hydrogen-bond donors (Lipinski definition) is 2. The number of nitrogens with zero attached hydrogens (tertiary/aromatic N) is 4. The highest BCUT2D eigenvalue weighted by atomic mass is 32.2. The molecule has 1 aromatic carbocycles. The maximum atomic E-state index is 13.0. The Bertz CT molecular complexity index is 927. The Morgan fingerprint density at radius 2 is 2.00 bits per heavy atom. The van der Waals surface area contributed by atoms with Crippen LogP contribution >= 0.6 is 0 Å². The quantitative estimate of drug-likeness (QED) is 0.682. The highest BCUT2D eigenvalue weighted by Gasteiger charge is 2.30. The van der Waals surface area contributed by atoms with E-state index in [9.17, 15) is 18.3 Å². The fourth-order valence-electron chi connectivity index (χ4n) is 3.31. The van der Waals surface area contributed by atoms with Crippen molar-refractivity contribution in [1.29, 1.82) is 0 Å². The van der Waals surface area contributed by atoms with Crippen molar-refractivity contribution in [1.82, 2.24) is 19.2 Å². The van der Waals surface area contributed by atoms with E-state index in [-0.39, 0.29) is 23.2 Å². The van der Waals surface area contributed by atoms with Crippen LogP contribution in [0.5, 0.6) is 0 Å². The fourth-order valence-corrected chi connectivity index (χ4v) is 4.78. The number of aliphatic hydroxyl groups excluding tert-OH is 1. The number of aliphatic hydroxyl groups is 1.